The number of aliphatic hydroxyl groups excluding tert-OH is 1. The molecule has 0 aliphatic heterocycles. The molecule has 0 fully saturated rings. The van der Waals surface area contributed by atoms with Gasteiger partial charge < -0.3 is 9.84 Å². The van der Waals surface area contributed by atoms with Gasteiger partial charge in [-0.1, -0.05) is 0 Å². The molecule has 0 amide bonds. The minimum atomic E-state index is -0.723. The molecule has 0 aliphatic rings. The van der Waals surface area contributed by atoms with Crippen LogP contribution >= 0.6 is 0 Å². The fourth-order valence-corrected chi connectivity index (χ4v) is 1.21. The van der Waals surface area contributed by atoms with E-state index in [2.05, 4.69) is 0 Å². The Morgan fingerprint density at radius 3 is 2.43 bits per heavy atom. The van der Waals surface area contributed by atoms with Gasteiger partial charge in [-0.3, -0.25) is 0 Å². The maximum atomic E-state index is 12.9. The quantitative estimate of drug-likeness (QED) is 0.809. The predicted molar refractivity (Wildman–Crippen MR) is 52.8 cm³/mol. The zero-order valence-electron chi connectivity index (χ0n) is 8.62. The molecule has 1 N–H and O–H groups in total. The van der Waals surface area contributed by atoms with Crippen molar-refractivity contribution < 1.29 is 14.2 Å². The minimum Gasteiger partial charge on any atom is -0.491 e. The Hall–Kier alpha value is -1.09. The van der Waals surface area contributed by atoms with Gasteiger partial charge in [-0.15, -0.1) is 0 Å². The van der Waals surface area contributed by atoms with Gasteiger partial charge in [0.2, 0.25) is 0 Å². The van der Waals surface area contributed by atoms with Crippen LogP contribution in [0.5, 0.6) is 5.75 Å². The van der Waals surface area contributed by atoms with Crippen molar-refractivity contribution in [2.45, 2.75) is 33.0 Å². The first-order valence-electron chi connectivity index (χ1n) is 4.65. The van der Waals surface area contributed by atoms with Crippen LogP contribution in [0.3, 0.4) is 0 Å². The van der Waals surface area contributed by atoms with E-state index in [-0.39, 0.29) is 11.9 Å². The molecule has 0 saturated heterocycles. The van der Waals surface area contributed by atoms with E-state index in [1.54, 1.807) is 6.92 Å². The summed E-state index contributed by atoms with van der Waals surface area (Å²) in [5, 5.41) is 9.40. The Labute approximate surface area is 83.3 Å². The Morgan fingerprint density at radius 1 is 1.29 bits per heavy atom. The molecule has 0 heterocycles. The molecule has 1 rings (SSSR count). The lowest BCUT2D eigenvalue weighted by atomic mass is 10.1. The van der Waals surface area contributed by atoms with Crippen molar-refractivity contribution in [2.75, 3.05) is 0 Å². The predicted octanol–water partition coefficient (Wildman–Crippen LogP) is 2.67. The lowest BCUT2D eigenvalue weighted by molar-refractivity contribution is 0.182. The van der Waals surface area contributed by atoms with Gasteiger partial charge in [0.15, 0.2) is 0 Å². The lowest BCUT2D eigenvalue weighted by Gasteiger charge is -2.15. The first kappa shape index (κ1) is 11.0. The van der Waals surface area contributed by atoms with Crippen molar-refractivity contribution in [1.82, 2.24) is 0 Å². The summed E-state index contributed by atoms with van der Waals surface area (Å²) in [6.07, 6.45) is -0.711. The normalized spacial score (nSPS) is 13.0. The number of hydrogen-bond donors (Lipinski definition) is 1. The fourth-order valence-electron chi connectivity index (χ4n) is 1.21. The molecular weight excluding hydrogens is 183 g/mol. The number of hydrogen-bond acceptors (Lipinski definition) is 2. The van der Waals surface area contributed by atoms with Crippen molar-refractivity contribution in [1.29, 1.82) is 0 Å². The highest BCUT2D eigenvalue weighted by Crippen LogP contribution is 2.26. The van der Waals surface area contributed by atoms with Crippen LogP contribution in [0, 0.1) is 5.82 Å². The van der Waals surface area contributed by atoms with Gasteiger partial charge in [-0.05, 0) is 39.0 Å². The molecule has 1 aromatic rings. The molecule has 0 radical (unpaired) electrons. The van der Waals surface area contributed by atoms with Crippen LogP contribution in [0.1, 0.15) is 32.4 Å². The second-order valence-electron chi connectivity index (χ2n) is 3.52. The SMILES string of the molecule is CC(C)Oc1ccc(F)cc1[C@H](C)O. The van der Waals surface area contributed by atoms with Gasteiger partial charge in [-0.25, -0.2) is 4.39 Å². The molecule has 1 aromatic carbocycles. The first-order valence-corrected chi connectivity index (χ1v) is 4.65. The maximum Gasteiger partial charge on any atom is 0.125 e. The Kier molecular flexibility index (Phi) is 3.47. The third kappa shape index (κ3) is 2.70. The van der Waals surface area contributed by atoms with Crippen LogP contribution in [0.15, 0.2) is 18.2 Å². The molecule has 78 valence electrons. The summed E-state index contributed by atoms with van der Waals surface area (Å²) in [6.45, 7) is 5.35. The van der Waals surface area contributed by atoms with E-state index in [9.17, 15) is 9.50 Å². The second-order valence-corrected chi connectivity index (χ2v) is 3.52. The van der Waals surface area contributed by atoms with Crippen LogP contribution in [-0.2, 0) is 0 Å². The smallest absolute Gasteiger partial charge is 0.125 e. The van der Waals surface area contributed by atoms with Gasteiger partial charge in [0, 0.05) is 5.56 Å². The molecule has 0 spiro atoms. The first-order chi connectivity index (χ1) is 6.50. The third-order valence-corrected chi connectivity index (χ3v) is 1.78. The molecule has 1 atom stereocenters. The number of aliphatic hydroxyl groups is 1. The maximum absolute atomic E-state index is 12.9. The van der Waals surface area contributed by atoms with Crippen LogP contribution < -0.4 is 4.74 Å². The molecule has 2 nitrogen and oxygen atoms in total. The van der Waals surface area contributed by atoms with E-state index in [1.807, 2.05) is 13.8 Å². The number of benzene rings is 1. The summed E-state index contributed by atoms with van der Waals surface area (Å²) >= 11 is 0. The summed E-state index contributed by atoms with van der Waals surface area (Å²) in [6, 6.07) is 4.16. The van der Waals surface area contributed by atoms with Crippen LogP contribution in [0.4, 0.5) is 4.39 Å². The van der Waals surface area contributed by atoms with E-state index in [0.717, 1.165) is 0 Å². The van der Waals surface area contributed by atoms with Gasteiger partial charge in [0.25, 0.3) is 0 Å². The summed E-state index contributed by atoms with van der Waals surface area (Å²) < 4.78 is 18.3. The van der Waals surface area contributed by atoms with Crippen molar-refractivity contribution in [3.63, 3.8) is 0 Å². The largest absolute Gasteiger partial charge is 0.491 e. The van der Waals surface area contributed by atoms with E-state index in [1.165, 1.54) is 18.2 Å². The zero-order valence-corrected chi connectivity index (χ0v) is 8.62. The number of rotatable bonds is 3. The standard InChI is InChI=1S/C11H15FO2/c1-7(2)14-11-5-4-9(12)6-10(11)8(3)13/h4-8,13H,1-3H3/t8-/m0/s1. The molecule has 0 saturated carbocycles. The van der Waals surface area contributed by atoms with Crippen molar-refractivity contribution in [3.8, 4) is 5.75 Å². The van der Waals surface area contributed by atoms with E-state index < -0.39 is 6.10 Å². The number of ether oxygens (including phenoxy) is 1. The minimum absolute atomic E-state index is 0.0120. The molecular formula is C11H15FO2. The van der Waals surface area contributed by atoms with Gasteiger partial charge in [-0.2, -0.15) is 0 Å². The zero-order chi connectivity index (χ0) is 10.7. The topological polar surface area (TPSA) is 29.5 Å². The Balaban J connectivity index is 3.02. The summed E-state index contributed by atoms with van der Waals surface area (Å²) in [5.41, 5.74) is 0.485. The molecule has 0 aromatic heterocycles. The average Bonchev–Trinajstić information content (AvgIpc) is 2.07. The molecule has 0 unspecified atom stereocenters. The monoisotopic (exact) mass is 198 g/mol. The van der Waals surface area contributed by atoms with Crippen LogP contribution in [0.2, 0.25) is 0 Å². The van der Waals surface area contributed by atoms with Crippen molar-refractivity contribution in [2.24, 2.45) is 0 Å². The Bertz CT molecular complexity index is 308. The summed E-state index contributed by atoms with van der Waals surface area (Å²) in [4.78, 5) is 0. The third-order valence-electron chi connectivity index (χ3n) is 1.78. The van der Waals surface area contributed by atoms with Crippen molar-refractivity contribution in [3.05, 3.63) is 29.6 Å². The molecule has 0 aliphatic carbocycles. The Morgan fingerprint density at radius 2 is 1.93 bits per heavy atom. The van der Waals surface area contributed by atoms with E-state index in [0.29, 0.717) is 11.3 Å². The molecule has 3 heteroatoms. The highest BCUT2D eigenvalue weighted by Gasteiger charge is 2.11. The van der Waals surface area contributed by atoms with E-state index >= 15 is 0 Å². The fraction of sp³-hybridized carbons (Fsp3) is 0.455. The van der Waals surface area contributed by atoms with Crippen molar-refractivity contribution >= 4 is 0 Å². The summed E-state index contributed by atoms with van der Waals surface area (Å²) in [5.74, 6) is 0.174. The van der Waals surface area contributed by atoms with Crippen LogP contribution in [0.25, 0.3) is 0 Å². The van der Waals surface area contributed by atoms with Crippen LogP contribution in [-0.4, -0.2) is 11.2 Å². The van der Waals surface area contributed by atoms with E-state index in [4.69, 9.17) is 4.74 Å². The second kappa shape index (κ2) is 4.42. The molecule has 0 bridgehead atoms. The van der Waals surface area contributed by atoms with Gasteiger partial charge in [0.05, 0.1) is 12.2 Å². The highest BCUT2D eigenvalue weighted by atomic mass is 19.1. The van der Waals surface area contributed by atoms with Gasteiger partial charge in [0.1, 0.15) is 11.6 Å². The number of halogens is 1. The van der Waals surface area contributed by atoms with Gasteiger partial charge >= 0.3 is 0 Å². The highest BCUT2D eigenvalue weighted by molar-refractivity contribution is 5.35. The lowest BCUT2D eigenvalue weighted by Crippen LogP contribution is -2.08. The molecule has 14 heavy (non-hydrogen) atoms. The average molecular weight is 198 g/mol. The summed E-state index contributed by atoms with van der Waals surface area (Å²) in [7, 11) is 0.